The molecule has 1 fully saturated rings. The molecule has 0 N–H and O–H groups in total. The van der Waals surface area contributed by atoms with Gasteiger partial charge in [-0.2, -0.15) is 0 Å². The van der Waals surface area contributed by atoms with Crippen LogP contribution >= 0.6 is 0 Å². The number of anilines is 1. The van der Waals surface area contributed by atoms with Gasteiger partial charge in [-0.25, -0.2) is 14.4 Å². The summed E-state index contributed by atoms with van der Waals surface area (Å²) in [5.41, 5.74) is 3.28. The molecule has 8 heteroatoms. The fraction of sp³-hybridized carbons (Fsp3) is 0.333. The molecular formula is C24H26FN5O2. The first kappa shape index (κ1) is 21.7. The number of hydrogen-bond donors (Lipinski definition) is 0. The molecule has 1 aliphatic heterocycles. The summed E-state index contributed by atoms with van der Waals surface area (Å²) >= 11 is 0. The van der Waals surface area contributed by atoms with Gasteiger partial charge in [0.1, 0.15) is 0 Å². The van der Waals surface area contributed by atoms with E-state index in [-0.39, 0.29) is 24.1 Å². The number of carbonyl (C=O) groups is 1. The first-order valence-corrected chi connectivity index (χ1v) is 10.5. The Bertz CT molecular complexity index is 1110. The largest absolute Gasteiger partial charge is 0.494 e. The first-order chi connectivity index (χ1) is 15.5. The third-order valence-corrected chi connectivity index (χ3v) is 5.66. The average Bonchev–Trinajstić information content (AvgIpc) is 3.29. The van der Waals surface area contributed by atoms with Gasteiger partial charge < -0.3 is 14.5 Å². The average molecular weight is 436 g/mol. The maximum Gasteiger partial charge on any atom is 0.227 e. The molecule has 7 nitrogen and oxygen atoms in total. The molecule has 1 unspecified atom stereocenters. The molecule has 32 heavy (non-hydrogen) atoms. The lowest BCUT2D eigenvalue weighted by Gasteiger charge is -2.27. The number of benzene rings is 1. The highest BCUT2D eigenvalue weighted by Crippen LogP contribution is 2.37. The zero-order chi connectivity index (χ0) is 22.7. The zero-order valence-electron chi connectivity index (χ0n) is 18.5. The first-order valence-electron chi connectivity index (χ1n) is 10.5. The van der Waals surface area contributed by atoms with Crippen LogP contribution < -0.4 is 9.64 Å². The van der Waals surface area contributed by atoms with Crippen molar-refractivity contribution in [3.8, 4) is 16.9 Å². The molecule has 2 aromatic heterocycles. The summed E-state index contributed by atoms with van der Waals surface area (Å²) in [6.07, 6.45) is 7.08. The number of aromatic nitrogens is 3. The van der Waals surface area contributed by atoms with Crippen molar-refractivity contribution in [1.29, 1.82) is 0 Å². The number of pyridine rings is 1. The molecule has 0 aliphatic carbocycles. The van der Waals surface area contributed by atoms with Gasteiger partial charge in [-0.05, 0) is 48.2 Å². The Morgan fingerprint density at radius 1 is 1.25 bits per heavy atom. The van der Waals surface area contributed by atoms with E-state index in [0.29, 0.717) is 18.1 Å². The Labute approximate surface area is 186 Å². The number of amides is 1. The minimum atomic E-state index is -0.470. The SMILES string of the molecule is COc1ccc(CC(=O)N2CCCC2c2nc(N(C)C)ncc2-c2ccncc2)cc1F. The molecular weight excluding hydrogens is 409 g/mol. The van der Waals surface area contributed by atoms with Crippen LogP contribution in [0, 0.1) is 5.82 Å². The van der Waals surface area contributed by atoms with Gasteiger partial charge in [0.2, 0.25) is 11.9 Å². The lowest BCUT2D eigenvalue weighted by Crippen LogP contribution is -2.33. The quantitative estimate of drug-likeness (QED) is 0.589. The van der Waals surface area contributed by atoms with Crippen molar-refractivity contribution in [2.45, 2.75) is 25.3 Å². The highest BCUT2D eigenvalue weighted by atomic mass is 19.1. The Morgan fingerprint density at radius 2 is 2.03 bits per heavy atom. The van der Waals surface area contributed by atoms with Crippen LogP contribution in [0.1, 0.15) is 30.1 Å². The molecule has 0 radical (unpaired) electrons. The second-order valence-corrected chi connectivity index (χ2v) is 7.99. The molecule has 1 saturated heterocycles. The molecule has 1 aromatic carbocycles. The number of nitrogens with zero attached hydrogens (tertiary/aromatic N) is 5. The van der Waals surface area contributed by atoms with Gasteiger partial charge in [0.05, 0.1) is 25.3 Å². The van der Waals surface area contributed by atoms with E-state index in [1.54, 1.807) is 24.5 Å². The van der Waals surface area contributed by atoms with Crippen LogP contribution in [0.2, 0.25) is 0 Å². The van der Waals surface area contributed by atoms with Crippen LogP contribution in [0.15, 0.2) is 48.9 Å². The van der Waals surface area contributed by atoms with Crippen molar-refractivity contribution < 1.29 is 13.9 Å². The number of likely N-dealkylation sites (tertiary alicyclic amines) is 1. The van der Waals surface area contributed by atoms with Crippen LogP contribution in [-0.2, 0) is 11.2 Å². The highest BCUT2D eigenvalue weighted by molar-refractivity contribution is 5.80. The zero-order valence-corrected chi connectivity index (χ0v) is 18.5. The number of hydrogen-bond acceptors (Lipinski definition) is 6. The molecule has 1 amide bonds. The number of rotatable bonds is 6. The molecule has 3 heterocycles. The third kappa shape index (κ3) is 4.39. The van der Waals surface area contributed by atoms with E-state index < -0.39 is 5.82 Å². The van der Waals surface area contributed by atoms with Gasteiger partial charge in [-0.3, -0.25) is 9.78 Å². The molecule has 4 rings (SSSR count). The van der Waals surface area contributed by atoms with E-state index >= 15 is 0 Å². The topological polar surface area (TPSA) is 71.5 Å². The molecule has 0 bridgehead atoms. The Morgan fingerprint density at radius 3 is 2.72 bits per heavy atom. The molecule has 166 valence electrons. The molecule has 0 saturated carbocycles. The monoisotopic (exact) mass is 435 g/mol. The lowest BCUT2D eigenvalue weighted by atomic mass is 10.0. The van der Waals surface area contributed by atoms with Crippen LogP contribution in [0.3, 0.4) is 0 Å². The van der Waals surface area contributed by atoms with Crippen molar-refractivity contribution in [2.75, 3.05) is 32.6 Å². The van der Waals surface area contributed by atoms with E-state index in [2.05, 4.69) is 9.97 Å². The maximum atomic E-state index is 14.1. The summed E-state index contributed by atoms with van der Waals surface area (Å²) < 4.78 is 19.1. The number of halogens is 1. The van der Waals surface area contributed by atoms with Crippen molar-refractivity contribution in [2.24, 2.45) is 0 Å². The van der Waals surface area contributed by atoms with E-state index in [4.69, 9.17) is 9.72 Å². The van der Waals surface area contributed by atoms with E-state index in [9.17, 15) is 9.18 Å². The van der Waals surface area contributed by atoms with Crippen molar-refractivity contribution in [3.63, 3.8) is 0 Å². The van der Waals surface area contributed by atoms with Gasteiger partial charge in [-0.1, -0.05) is 6.07 Å². The lowest BCUT2D eigenvalue weighted by molar-refractivity contribution is -0.131. The summed E-state index contributed by atoms with van der Waals surface area (Å²) in [6.45, 7) is 0.638. The Hall–Kier alpha value is -3.55. The standard InChI is InChI=1S/C24H26FN5O2/c1-29(2)24-27-15-18(17-8-10-26-11-9-17)23(28-24)20-5-4-12-30(20)22(31)14-16-6-7-21(32-3)19(25)13-16/h6-11,13,15,20H,4-5,12,14H2,1-3H3. The van der Waals surface area contributed by atoms with Gasteiger partial charge in [-0.15, -0.1) is 0 Å². The number of carbonyl (C=O) groups excluding carboxylic acids is 1. The smallest absolute Gasteiger partial charge is 0.227 e. The summed E-state index contributed by atoms with van der Waals surface area (Å²) in [5.74, 6) is 0.235. The predicted octanol–water partition coefficient (Wildman–Crippen LogP) is 3.66. The fourth-order valence-corrected chi connectivity index (χ4v) is 4.05. The van der Waals surface area contributed by atoms with E-state index in [1.165, 1.54) is 13.2 Å². The molecule has 0 spiro atoms. The van der Waals surface area contributed by atoms with E-state index in [0.717, 1.165) is 29.7 Å². The third-order valence-electron chi connectivity index (χ3n) is 5.66. The minimum Gasteiger partial charge on any atom is -0.494 e. The van der Waals surface area contributed by atoms with Gasteiger partial charge in [0, 0.05) is 44.8 Å². The number of methoxy groups -OCH3 is 1. The highest BCUT2D eigenvalue weighted by Gasteiger charge is 2.33. The Balaban J connectivity index is 1.66. The molecule has 1 aliphatic rings. The molecule has 3 aromatic rings. The maximum absolute atomic E-state index is 14.1. The predicted molar refractivity (Wildman–Crippen MR) is 120 cm³/mol. The normalized spacial score (nSPS) is 15.6. The van der Waals surface area contributed by atoms with Crippen molar-refractivity contribution >= 4 is 11.9 Å². The Kier molecular flexibility index (Phi) is 6.30. The van der Waals surface area contributed by atoms with Crippen LogP contribution in [0.25, 0.3) is 11.1 Å². The summed E-state index contributed by atoms with van der Waals surface area (Å²) in [5, 5.41) is 0. The van der Waals surface area contributed by atoms with E-state index in [1.807, 2.05) is 42.2 Å². The summed E-state index contributed by atoms with van der Waals surface area (Å²) in [6, 6.07) is 8.29. The van der Waals surface area contributed by atoms with Crippen molar-refractivity contribution in [3.05, 3.63) is 66.0 Å². The second kappa shape index (κ2) is 9.30. The molecule has 1 atom stereocenters. The fourth-order valence-electron chi connectivity index (χ4n) is 4.05. The van der Waals surface area contributed by atoms with Crippen LogP contribution in [0.4, 0.5) is 10.3 Å². The summed E-state index contributed by atoms with van der Waals surface area (Å²) in [7, 11) is 5.20. The van der Waals surface area contributed by atoms with Gasteiger partial charge in [0.25, 0.3) is 0 Å². The second-order valence-electron chi connectivity index (χ2n) is 7.99. The minimum absolute atomic E-state index is 0.0530. The summed E-state index contributed by atoms with van der Waals surface area (Å²) in [4.78, 5) is 30.4. The number of ether oxygens (including phenoxy) is 1. The van der Waals surface area contributed by atoms with Gasteiger partial charge in [0.15, 0.2) is 11.6 Å². The van der Waals surface area contributed by atoms with Crippen molar-refractivity contribution in [1.82, 2.24) is 19.9 Å². The van der Waals surface area contributed by atoms with Gasteiger partial charge >= 0.3 is 0 Å². The van der Waals surface area contributed by atoms with Crippen LogP contribution in [-0.4, -0.2) is 53.5 Å². The van der Waals surface area contributed by atoms with Crippen LogP contribution in [0.5, 0.6) is 5.75 Å².